The largest absolute Gasteiger partial charge is 0.497 e. The fraction of sp³-hybridized carbons (Fsp3) is 0.375. The summed E-state index contributed by atoms with van der Waals surface area (Å²) in [6, 6.07) is 5.94. The van der Waals surface area contributed by atoms with Crippen LogP contribution in [0.1, 0.15) is 12.0 Å². The number of ether oxygens (including phenoxy) is 1. The van der Waals surface area contributed by atoms with Gasteiger partial charge in [-0.25, -0.2) is 0 Å². The molecule has 3 rings (SSSR count). The lowest BCUT2D eigenvalue weighted by atomic mass is 10.1. The van der Waals surface area contributed by atoms with E-state index in [-0.39, 0.29) is 0 Å². The zero-order valence-corrected chi connectivity index (χ0v) is 13.1. The van der Waals surface area contributed by atoms with Crippen LogP contribution >= 0.6 is 15.9 Å². The third-order valence-electron chi connectivity index (χ3n) is 3.77. The van der Waals surface area contributed by atoms with E-state index in [2.05, 4.69) is 39.0 Å². The molecule has 0 fully saturated rings. The lowest BCUT2D eigenvalue weighted by Gasteiger charge is -2.22. The van der Waals surface area contributed by atoms with Crippen molar-refractivity contribution in [1.29, 1.82) is 0 Å². The van der Waals surface area contributed by atoms with Crippen molar-refractivity contribution in [3.05, 3.63) is 40.6 Å². The molecule has 2 aromatic rings. The maximum absolute atomic E-state index is 5.77. The first-order valence-electron chi connectivity index (χ1n) is 6.90. The van der Waals surface area contributed by atoms with Crippen molar-refractivity contribution in [2.75, 3.05) is 26.7 Å². The van der Waals surface area contributed by atoms with Crippen LogP contribution in [-0.4, -0.2) is 31.6 Å². The van der Waals surface area contributed by atoms with E-state index in [4.69, 9.17) is 9.15 Å². The van der Waals surface area contributed by atoms with Crippen LogP contribution in [0, 0.1) is 0 Å². The standard InChI is InChI=1S/C16H18BrNO2/c1-19-12-5-6-15-14(11-12)13(16(17)20-15)7-10-18-8-3-2-4-9-18/h2-3,5-6,11H,4,7-10H2,1H3. The molecular formula is C16H18BrNO2. The highest BCUT2D eigenvalue weighted by Gasteiger charge is 2.14. The molecule has 1 aliphatic rings. The van der Waals surface area contributed by atoms with E-state index in [1.165, 1.54) is 5.56 Å². The number of furan rings is 1. The Morgan fingerprint density at radius 1 is 1.35 bits per heavy atom. The number of methoxy groups -OCH3 is 1. The Morgan fingerprint density at radius 2 is 2.25 bits per heavy atom. The van der Waals surface area contributed by atoms with Crippen LogP contribution in [0.2, 0.25) is 0 Å². The molecule has 106 valence electrons. The van der Waals surface area contributed by atoms with Gasteiger partial charge in [0.05, 0.1) is 7.11 Å². The fourth-order valence-electron chi connectivity index (χ4n) is 2.62. The zero-order chi connectivity index (χ0) is 13.9. The molecule has 3 nitrogen and oxygen atoms in total. The predicted octanol–water partition coefficient (Wildman–Crippen LogP) is 4.01. The summed E-state index contributed by atoms with van der Waals surface area (Å²) in [5.41, 5.74) is 2.14. The first-order valence-corrected chi connectivity index (χ1v) is 7.69. The van der Waals surface area contributed by atoms with Gasteiger partial charge in [0, 0.05) is 30.6 Å². The van der Waals surface area contributed by atoms with Gasteiger partial charge in [-0.3, -0.25) is 4.90 Å². The Bertz CT molecular complexity index is 633. The van der Waals surface area contributed by atoms with E-state index in [9.17, 15) is 0 Å². The van der Waals surface area contributed by atoms with E-state index in [1.807, 2.05) is 12.1 Å². The lowest BCUT2D eigenvalue weighted by molar-refractivity contribution is 0.302. The molecule has 1 aromatic carbocycles. The van der Waals surface area contributed by atoms with Gasteiger partial charge in [-0.05, 0) is 47.0 Å². The van der Waals surface area contributed by atoms with Gasteiger partial charge in [0.15, 0.2) is 4.67 Å². The van der Waals surface area contributed by atoms with E-state index in [1.54, 1.807) is 7.11 Å². The average Bonchev–Trinajstić information content (AvgIpc) is 2.80. The second-order valence-electron chi connectivity index (χ2n) is 5.03. The summed E-state index contributed by atoms with van der Waals surface area (Å²) in [6.45, 7) is 3.25. The van der Waals surface area contributed by atoms with Gasteiger partial charge in [0.2, 0.25) is 0 Å². The topological polar surface area (TPSA) is 25.6 Å². The Balaban J connectivity index is 1.82. The Morgan fingerprint density at radius 3 is 3.00 bits per heavy atom. The van der Waals surface area contributed by atoms with Crippen molar-refractivity contribution in [3.63, 3.8) is 0 Å². The van der Waals surface area contributed by atoms with Gasteiger partial charge in [0.25, 0.3) is 0 Å². The molecule has 0 unspecified atom stereocenters. The molecule has 0 saturated carbocycles. The molecule has 4 heteroatoms. The number of halogens is 1. The highest BCUT2D eigenvalue weighted by molar-refractivity contribution is 9.10. The van der Waals surface area contributed by atoms with Crippen LogP contribution < -0.4 is 4.74 Å². The van der Waals surface area contributed by atoms with Crippen LogP contribution in [-0.2, 0) is 6.42 Å². The summed E-state index contributed by atoms with van der Waals surface area (Å²) in [7, 11) is 1.69. The van der Waals surface area contributed by atoms with E-state index in [0.717, 1.165) is 53.9 Å². The molecule has 0 radical (unpaired) electrons. The molecule has 2 heterocycles. The molecule has 0 bridgehead atoms. The summed E-state index contributed by atoms with van der Waals surface area (Å²) in [5, 5.41) is 1.14. The molecule has 0 saturated heterocycles. The minimum absolute atomic E-state index is 0.841. The summed E-state index contributed by atoms with van der Waals surface area (Å²) in [4.78, 5) is 2.46. The summed E-state index contributed by atoms with van der Waals surface area (Å²) in [5.74, 6) is 0.868. The zero-order valence-electron chi connectivity index (χ0n) is 11.6. The van der Waals surface area contributed by atoms with Gasteiger partial charge in [-0.15, -0.1) is 0 Å². The van der Waals surface area contributed by atoms with Crippen LogP contribution in [0.15, 0.2) is 39.4 Å². The van der Waals surface area contributed by atoms with E-state index >= 15 is 0 Å². The number of hydrogen-bond acceptors (Lipinski definition) is 3. The van der Waals surface area contributed by atoms with Gasteiger partial charge in [-0.2, -0.15) is 0 Å². The predicted molar refractivity (Wildman–Crippen MR) is 84.4 cm³/mol. The van der Waals surface area contributed by atoms with Gasteiger partial charge in [0.1, 0.15) is 11.3 Å². The molecule has 0 N–H and O–H groups in total. The Labute approximate surface area is 127 Å². The van der Waals surface area contributed by atoms with Gasteiger partial charge >= 0.3 is 0 Å². The van der Waals surface area contributed by atoms with Gasteiger partial charge < -0.3 is 9.15 Å². The minimum Gasteiger partial charge on any atom is -0.497 e. The number of fused-ring (bicyclic) bond motifs is 1. The van der Waals surface area contributed by atoms with Crippen molar-refractivity contribution in [1.82, 2.24) is 4.90 Å². The Kier molecular flexibility index (Phi) is 4.13. The Hall–Kier alpha value is -1.26. The maximum Gasteiger partial charge on any atom is 0.173 e. The van der Waals surface area contributed by atoms with E-state index < -0.39 is 0 Å². The highest BCUT2D eigenvalue weighted by Crippen LogP contribution is 2.33. The molecule has 0 atom stereocenters. The number of hydrogen-bond donors (Lipinski definition) is 0. The number of nitrogens with zero attached hydrogens (tertiary/aromatic N) is 1. The molecule has 20 heavy (non-hydrogen) atoms. The average molecular weight is 336 g/mol. The van der Waals surface area contributed by atoms with Crippen LogP contribution in [0.25, 0.3) is 11.0 Å². The van der Waals surface area contributed by atoms with Crippen LogP contribution in [0.3, 0.4) is 0 Å². The summed E-state index contributed by atoms with van der Waals surface area (Å²) >= 11 is 3.54. The fourth-order valence-corrected chi connectivity index (χ4v) is 3.21. The lowest BCUT2D eigenvalue weighted by Crippen LogP contribution is -2.29. The van der Waals surface area contributed by atoms with Gasteiger partial charge in [-0.1, -0.05) is 12.2 Å². The first-order chi connectivity index (χ1) is 9.78. The van der Waals surface area contributed by atoms with Crippen molar-refractivity contribution in [2.45, 2.75) is 12.8 Å². The second kappa shape index (κ2) is 6.02. The number of rotatable bonds is 4. The first kappa shape index (κ1) is 13.7. The quantitative estimate of drug-likeness (QED) is 0.789. The monoisotopic (exact) mass is 335 g/mol. The molecule has 0 spiro atoms. The summed E-state index contributed by atoms with van der Waals surface area (Å²) in [6.07, 6.45) is 6.63. The van der Waals surface area contributed by atoms with E-state index in [0.29, 0.717) is 0 Å². The third kappa shape index (κ3) is 2.76. The molecule has 1 aliphatic heterocycles. The van der Waals surface area contributed by atoms with Crippen molar-refractivity contribution in [3.8, 4) is 5.75 Å². The van der Waals surface area contributed by atoms with Crippen molar-refractivity contribution in [2.24, 2.45) is 0 Å². The SMILES string of the molecule is COc1ccc2oc(Br)c(CCN3CC=CCC3)c2c1. The molecular weight excluding hydrogens is 318 g/mol. The molecule has 1 aromatic heterocycles. The minimum atomic E-state index is 0.841. The normalized spacial score (nSPS) is 15.9. The maximum atomic E-state index is 5.77. The van der Waals surface area contributed by atoms with Crippen molar-refractivity contribution >= 4 is 26.9 Å². The highest BCUT2D eigenvalue weighted by atomic mass is 79.9. The second-order valence-corrected chi connectivity index (χ2v) is 5.75. The van der Waals surface area contributed by atoms with Crippen molar-refractivity contribution < 1.29 is 9.15 Å². The molecule has 0 aliphatic carbocycles. The summed E-state index contributed by atoms with van der Waals surface area (Å²) < 4.78 is 11.9. The number of benzene rings is 1. The molecule has 0 amide bonds. The van der Waals surface area contributed by atoms with Crippen LogP contribution in [0.4, 0.5) is 0 Å². The smallest absolute Gasteiger partial charge is 0.173 e. The third-order valence-corrected chi connectivity index (χ3v) is 4.41. The van der Waals surface area contributed by atoms with Crippen LogP contribution in [0.5, 0.6) is 5.75 Å².